The monoisotopic (exact) mass is 418 g/mol. The van der Waals surface area contributed by atoms with E-state index in [4.69, 9.17) is 5.73 Å². The highest BCUT2D eigenvalue weighted by molar-refractivity contribution is 7.89. The molecule has 3 N–H and O–H groups in total. The maximum Gasteiger partial charge on any atom is 0.416 e. The third-order valence-corrected chi connectivity index (χ3v) is 6.14. The van der Waals surface area contributed by atoms with E-state index < -0.39 is 38.4 Å². The van der Waals surface area contributed by atoms with Crippen LogP contribution < -0.4 is 10.5 Å². The molecule has 0 unspecified atom stereocenters. The van der Waals surface area contributed by atoms with E-state index in [1.54, 1.807) is 0 Å². The molecule has 0 bridgehead atoms. The van der Waals surface area contributed by atoms with Crippen LogP contribution in [0.1, 0.15) is 36.8 Å². The van der Waals surface area contributed by atoms with Crippen molar-refractivity contribution in [2.24, 2.45) is 17.6 Å². The predicted molar refractivity (Wildman–Crippen MR) is 86.1 cm³/mol. The van der Waals surface area contributed by atoms with Crippen molar-refractivity contribution in [2.45, 2.75) is 42.9 Å². The van der Waals surface area contributed by atoms with E-state index in [9.17, 15) is 34.8 Å². The summed E-state index contributed by atoms with van der Waals surface area (Å²) in [5.41, 5.74) is 2.24. The average molecular weight is 418 g/mol. The molecular formula is C16H20F6N2O2S. The molecule has 0 saturated heterocycles. The summed E-state index contributed by atoms with van der Waals surface area (Å²) in [6, 6.07) is 0.318. The van der Waals surface area contributed by atoms with Crippen LogP contribution in [0.15, 0.2) is 23.1 Å². The van der Waals surface area contributed by atoms with E-state index in [1.165, 1.54) is 0 Å². The number of nitrogens with two attached hydrogens (primary N) is 1. The van der Waals surface area contributed by atoms with Crippen LogP contribution in [0.3, 0.4) is 0 Å². The molecule has 1 saturated carbocycles. The molecule has 0 aromatic heterocycles. The zero-order valence-electron chi connectivity index (χ0n) is 14.2. The summed E-state index contributed by atoms with van der Waals surface area (Å²) in [6.07, 6.45) is -7.20. The van der Waals surface area contributed by atoms with Gasteiger partial charge in [-0.05, 0) is 62.3 Å². The van der Waals surface area contributed by atoms with Gasteiger partial charge >= 0.3 is 12.4 Å². The second kappa shape index (κ2) is 7.96. The molecule has 1 aliphatic carbocycles. The predicted octanol–water partition coefficient (Wildman–Crippen LogP) is 3.77. The average Bonchev–Trinajstić information content (AvgIpc) is 2.58. The van der Waals surface area contributed by atoms with Crippen LogP contribution in [-0.4, -0.2) is 21.5 Å². The third kappa shape index (κ3) is 5.82. The number of rotatable bonds is 5. The van der Waals surface area contributed by atoms with Gasteiger partial charge in [0, 0.05) is 6.54 Å². The van der Waals surface area contributed by atoms with Crippen molar-refractivity contribution in [3.63, 3.8) is 0 Å². The summed E-state index contributed by atoms with van der Waals surface area (Å²) in [5, 5.41) is 0. The number of sulfonamides is 1. The van der Waals surface area contributed by atoms with Crippen LogP contribution in [-0.2, 0) is 22.4 Å². The van der Waals surface area contributed by atoms with E-state index in [2.05, 4.69) is 4.72 Å². The standard InChI is InChI=1S/C16H20F6N2O2S/c17-15(18,19)12-5-13(16(20,21)22)7-14(6-12)27(25,26)24-9-11-3-1-10(8-23)2-4-11/h5-7,10-11,24H,1-4,8-9,23H2. The Kier molecular flexibility index (Phi) is 6.48. The minimum atomic E-state index is -5.11. The molecule has 0 spiro atoms. The minimum Gasteiger partial charge on any atom is -0.330 e. The Morgan fingerprint density at radius 3 is 1.74 bits per heavy atom. The minimum absolute atomic E-state index is 0.0320. The van der Waals surface area contributed by atoms with Gasteiger partial charge in [-0.3, -0.25) is 0 Å². The van der Waals surface area contributed by atoms with Crippen LogP contribution in [0.25, 0.3) is 0 Å². The molecule has 0 atom stereocenters. The summed E-state index contributed by atoms with van der Waals surface area (Å²) in [5.74, 6) is 0.325. The smallest absolute Gasteiger partial charge is 0.330 e. The molecule has 1 aromatic carbocycles. The summed E-state index contributed by atoms with van der Waals surface area (Å²) >= 11 is 0. The summed E-state index contributed by atoms with van der Waals surface area (Å²) in [6.45, 7) is 0.486. The van der Waals surface area contributed by atoms with E-state index in [-0.39, 0.29) is 30.7 Å². The Labute approximate surface area is 153 Å². The molecule has 1 fully saturated rings. The number of halogens is 6. The Morgan fingerprint density at radius 1 is 0.889 bits per heavy atom. The maximum atomic E-state index is 12.9. The first-order chi connectivity index (χ1) is 12.3. The number of alkyl halides is 6. The highest BCUT2D eigenvalue weighted by Gasteiger charge is 2.38. The highest BCUT2D eigenvalue weighted by Crippen LogP contribution is 2.37. The fraction of sp³-hybridized carbons (Fsp3) is 0.625. The lowest BCUT2D eigenvalue weighted by molar-refractivity contribution is -0.143. The van der Waals surface area contributed by atoms with Crippen LogP contribution in [0.2, 0.25) is 0 Å². The fourth-order valence-corrected chi connectivity index (χ4v) is 4.25. The summed E-state index contributed by atoms with van der Waals surface area (Å²) < 4.78 is 104. The van der Waals surface area contributed by atoms with Crippen molar-refractivity contribution < 1.29 is 34.8 Å². The lowest BCUT2D eigenvalue weighted by atomic mass is 9.82. The Morgan fingerprint density at radius 2 is 1.33 bits per heavy atom. The van der Waals surface area contributed by atoms with E-state index in [0.29, 0.717) is 25.3 Å². The molecule has 0 radical (unpaired) electrons. The lowest BCUT2D eigenvalue weighted by Crippen LogP contribution is -2.32. The van der Waals surface area contributed by atoms with E-state index in [1.807, 2.05) is 0 Å². The van der Waals surface area contributed by atoms with Crippen molar-refractivity contribution in [1.82, 2.24) is 4.72 Å². The first-order valence-corrected chi connectivity index (χ1v) is 9.80. The number of hydrogen-bond donors (Lipinski definition) is 2. The van der Waals surface area contributed by atoms with Crippen LogP contribution >= 0.6 is 0 Å². The molecule has 1 aromatic rings. The molecule has 154 valence electrons. The second-order valence-electron chi connectivity index (χ2n) is 6.72. The topological polar surface area (TPSA) is 72.2 Å². The SMILES string of the molecule is NCC1CCC(CNS(=O)(=O)c2cc(C(F)(F)F)cc(C(F)(F)F)c2)CC1. The number of benzene rings is 1. The fourth-order valence-electron chi connectivity index (χ4n) is 3.06. The van der Waals surface area contributed by atoms with Gasteiger partial charge in [-0.1, -0.05) is 0 Å². The Hall–Kier alpha value is -1.33. The van der Waals surface area contributed by atoms with Crippen molar-refractivity contribution in [1.29, 1.82) is 0 Å². The van der Waals surface area contributed by atoms with Gasteiger partial charge in [0.05, 0.1) is 16.0 Å². The lowest BCUT2D eigenvalue weighted by Gasteiger charge is -2.27. The molecule has 4 nitrogen and oxygen atoms in total. The maximum absolute atomic E-state index is 12.9. The first-order valence-electron chi connectivity index (χ1n) is 8.32. The first kappa shape index (κ1) is 22.0. The van der Waals surface area contributed by atoms with Crippen molar-refractivity contribution in [2.75, 3.05) is 13.1 Å². The van der Waals surface area contributed by atoms with Crippen LogP contribution in [0.5, 0.6) is 0 Å². The van der Waals surface area contributed by atoms with Gasteiger partial charge in [0.1, 0.15) is 0 Å². The van der Waals surface area contributed by atoms with Gasteiger partial charge < -0.3 is 5.73 Å². The molecule has 2 rings (SSSR count). The number of nitrogens with one attached hydrogen (secondary N) is 1. The summed E-state index contributed by atoms with van der Waals surface area (Å²) in [4.78, 5) is -1.06. The van der Waals surface area contributed by atoms with E-state index >= 15 is 0 Å². The van der Waals surface area contributed by atoms with Crippen molar-refractivity contribution >= 4 is 10.0 Å². The van der Waals surface area contributed by atoms with Gasteiger partial charge in [0.2, 0.25) is 10.0 Å². The third-order valence-electron chi connectivity index (χ3n) is 4.73. The van der Waals surface area contributed by atoms with Gasteiger partial charge in [-0.15, -0.1) is 0 Å². The van der Waals surface area contributed by atoms with Gasteiger partial charge in [0.25, 0.3) is 0 Å². The van der Waals surface area contributed by atoms with Crippen LogP contribution in [0, 0.1) is 11.8 Å². The normalized spacial score (nSPS) is 22.0. The number of hydrogen-bond acceptors (Lipinski definition) is 3. The van der Waals surface area contributed by atoms with Crippen molar-refractivity contribution in [3.05, 3.63) is 29.3 Å². The zero-order chi connectivity index (χ0) is 20.5. The summed E-state index contributed by atoms with van der Waals surface area (Å²) in [7, 11) is -4.52. The Balaban J connectivity index is 2.22. The molecular weight excluding hydrogens is 398 g/mol. The van der Waals surface area contributed by atoms with Gasteiger partial charge in [-0.25, -0.2) is 13.1 Å². The zero-order valence-corrected chi connectivity index (χ0v) is 15.0. The molecule has 11 heteroatoms. The van der Waals surface area contributed by atoms with Gasteiger partial charge in [-0.2, -0.15) is 26.3 Å². The quantitative estimate of drug-likeness (QED) is 0.715. The molecule has 1 aliphatic rings. The van der Waals surface area contributed by atoms with Crippen LogP contribution in [0.4, 0.5) is 26.3 Å². The molecule has 0 amide bonds. The molecule has 0 aliphatic heterocycles. The second-order valence-corrected chi connectivity index (χ2v) is 8.48. The molecule has 27 heavy (non-hydrogen) atoms. The Bertz CT molecular complexity index is 721. The molecule has 0 heterocycles. The van der Waals surface area contributed by atoms with Gasteiger partial charge in [0.15, 0.2) is 0 Å². The van der Waals surface area contributed by atoms with E-state index in [0.717, 1.165) is 12.8 Å². The largest absolute Gasteiger partial charge is 0.416 e. The van der Waals surface area contributed by atoms with Crippen molar-refractivity contribution in [3.8, 4) is 0 Å². The highest BCUT2D eigenvalue weighted by atomic mass is 32.2.